The van der Waals surface area contributed by atoms with Crippen LogP contribution in [-0.4, -0.2) is 32.5 Å². The number of hydrogen-bond acceptors (Lipinski definition) is 4. The highest BCUT2D eigenvalue weighted by Crippen LogP contribution is 2.26. The van der Waals surface area contributed by atoms with Gasteiger partial charge in [0.1, 0.15) is 0 Å². The van der Waals surface area contributed by atoms with Crippen LogP contribution in [0.4, 0.5) is 0 Å². The smallest absolute Gasteiger partial charge is 0.233 e. The molecule has 0 saturated carbocycles. The first-order valence-electron chi connectivity index (χ1n) is 9.95. The minimum atomic E-state index is -0.253. The fourth-order valence-corrected chi connectivity index (χ4v) is 4.01. The summed E-state index contributed by atoms with van der Waals surface area (Å²) >= 11 is 1.43. The van der Waals surface area contributed by atoms with E-state index in [0.717, 1.165) is 23.0 Å². The SMILES string of the molecule is CC[C@H](CNC(=O)[C@H](C)Sc1nnc(-c2ccc(C)cc2)n1C)c1ccccc1. The van der Waals surface area contributed by atoms with Crippen LogP contribution >= 0.6 is 11.8 Å². The van der Waals surface area contributed by atoms with Gasteiger partial charge in [-0.25, -0.2) is 0 Å². The molecule has 152 valence electrons. The van der Waals surface area contributed by atoms with Gasteiger partial charge in [-0.1, -0.05) is 78.8 Å². The highest BCUT2D eigenvalue weighted by Gasteiger charge is 2.20. The average molecular weight is 409 g/mol. The van der Waals surface area contributed by atoms with Gasteiger partial charge in [0.05, 0.1) is 5.25 Å². The minimum Gasteiger partial charge on any atom is -0.355 e. The molecule has 1 N–H and O–H groups in total. The Morgan fingerprint density at radius 1 is 1.10 bits per heavy atom. The predicted molar refractivity (Wildman–Crippen MR) is 119 cm³/mol. The van der Waals surface area contributed by atoms with Crippen LogP contribution in [0.25, 0.3) is 11.4 Å². The van der Waals surface area contributed by atoms with Gasteiger partial charge in [0.25, 0.3) is 0 Å². The van der Waals surface area contributed by atoms with Gasteiger partial charge in [-0.15, -0.1) is 10.2 Å². The lowest BCUT2D eigenvalue weighted by atomic mass is 9.96. The number of thioether (sulfide) groups is 1. The molecule has 2 atom stereocenters. The molecule has 0 radical (unpaired) electrons. The molecular weight excluding hydrogens is 380 g/mol. The van der Waals surface area contributed by atoms with Crippen molar-refractivity contribution >= 4 is 17.7 Å². The fraction of sp³-hybridized carbons (Fsp3) is 0.348. The zero-order valence-electron chi connectivity index (χ0n) is 17.4. The Labute approximate surface area is 176 Å². The first-order chi connectivity index (χ1) is 14.0. The van der Waals surface area contributed by atoms with Crippen LogP contribution in [0.3, 0.4) is 0 Å². The quantitative estimate of drug-likeness (QED) is 0.554. The van der Waals surface area contributed by atoms with Gasteiger partial charge in [0, 0.05) is 25.1 Å². The van der Waals surface area contributed by atoms with E-state index in [-0.39, 0.29) is 11.2 Å². The molecule has 6 heteroatoms. The van der Waals surface area contributed by atoms with Crippen LogP contribution in [0.5, 0.6) is 0 Å². The molecule has 3 aromatic rings. The fourth-order valence-electron chi connectivity index (χ4n) is 3.17. The van der Waals surface area contributed by atoms with Crippen molar-refractivity contribution in [2.75, 3.05) is 6.54 Å². The third kappa shape index (κ3) is 5.26. The molecule has 0 aliphatic rings. The van der Waals surface area contributed by atoms with Gasteiger partial charge >= 0.3 is 0 Å². The molecule has 0 fully saturated rings. The average Bonchev–Trinajstić information content (AvgIpc) is 3.10. The summed E-state index contributed by atoms with van der Waals surface area (Å²) in [7, 11) is 1.94. The summed E-state index contributed by atoms with van der Waals surface area (Å²) in [4.78, 5) is 12.6. The Morgan fingerprint density at radius 2 is 1.79 bits per heavy atom. The molecule has 0 aliphatic carbocycles. The number of hydrogen-bond donors (Lipinski definition) is 1. The molecule has 1 amide bonds. The molecule has 1 heterocycles. The summed E-state index contributed by atoms with van der Waals surface area (Å²) in [5, 5.41) is 12.2. The van der Waals surface area contributed by atoms with Crippen LogP contribution < -0.4 is 5.32 Å². The van der Waals surface area contributed by atoms with Gasteiger partial charge in [-0.3, -0.25) is 4.79 Å². The Hall–Kier alpha value is -2.60. The summed E-state index contributed by atoms with van der Waals surface area (Å²) in [5.74, 6) is 1.14. The second kappa shape index (κ2) is 9.74. The number of carbonyl (C=O) groups excluding carboxylic acids is 1. The monoisotopic (exact) mass is 408 g/mol. The van der Waals surface area contributed by atoms with E-state index in [1.54, 1.807) is 0 Å². The van der Waals surface area contributed by atoms with E-state index in [1.165, 1.54) is 22.9 Å². The minimum absolute atomic E-state index is 0.0178. The maximum atomic E-state index is 12.6. The Morgan fingerprint density at radius 3 is 2.45 bits per heavy atom. The molecule has 0 spiro atoms. The number of aromatic nitrogens is 3. The Kier molecular flexibility index (Phi) is 7.09. The predicted octanol–water partition coefficient (Wildman–Crippen LogP) is 4.58. The molecule has 5 nitrogen and oxygen atoms in total. The van der Waals surface area contributed by atoms with E-state index in [9.17, 15) is 4.79 Å². The summed E-state index contributed by atoms with van der Waals surface area (Å²) in [6.07, 6.45) is 0.981. The second-order valence-corrected chi connectivity index (χ2v) is 8.56. The lowest BCUT2D eigenvalue weighted by Gasteiger charge is -2.18. The standard InChI is InChI=1S/C23H28N4OS/c1-5-18(19-9-7-6-8-10-19)15-24-22(28)17(3)29-23-26-25-21(27(23)4)20-13-11-16(2)12-14-20/h6-14,17-18H,5,15H2,1-4H3,(H,24,28)/t17-,18+/m0/s1. The van der Waals surface area contributed by atoms with Crippen molar-refractivity contribution in [3.63, 3.8) is 0 Å². The number of nitrogens with zero attached hydrogens (tertiary/aromatic N) is 3. The Balaban J connectivity index is 1.60. The van der Waals surface area contributed by atoms with Crippen molar-refractivity contribution in [3.8, 4) is 11.4 Å². The summed E-state index contributed by atoms with van der Waals surface area (Å²) < 4.78 is 1.94. The van der Waals surface area contributed by atoms with Gasteiger partial charge < -0.3 is 9.88 Å². The largest absolute Gasteiger partial charge is 0.355 e. The number of rotatable bonds is 8. The lowest BCUT2D eigenvalue weighted by Crippen LogP contribution is -2.34. The molecule has 0 unspecified atom stereocenters. The third-order valence-electron chi connectivity index (χ3n) is 5.08. The molecule has 0 aliphatic heterocycles. The number of amides is 1. The molecule has 29 heavy (non-hydrogen) atoms. The zero-order chi connectivity index (χ0) is 20.8. The van der Waals surface area contributed by atoms with E-state index in [4.69, 9.17) is 0 Å². The van der Waals surface area contributed by atoms with Gasteiger partial charge in [0.15, 0.2) is 11.0 Å². The summed E-state index contributed by atoms with van der Waals surface area (Å²) in [6.45, 7) is 6.75. The van der Waals surface area contributed by atoms with E-state index >= 15 is 0 Å². The van der Waals surface area contributed by atoms with Crippen molar-refractivity contribution in [2.24, 2.45) is 7.05 Å². The van der Waals surface area contributed by atoms with Crippen molar-refractivity contribution in [2.45, 2.75) is 43.5 Å². The van der Waals surface area contributed by atoms with Crippen LogP contribution in [0.2, 0.25) is 0 Å². The highest BCUT2D eigenvalue weighted by atomic mass is 32.2. The van der Waals surface area contributed by atoms with Crippen LogP contribution in [-0.2, 0) is 11.8 Å². The van der Waals surface area contributed by atoms with Crippen molar-refractivity contribution in [3.05, 3.63) is 65.7 Å². The van der Waals surface area contributed by atoms with E-state index in [1.807, 2.05) is 48.9 Å². The first-order valence-corrected chi connectivity index (χ1v) is 10.8. The maximum absolute atomic E-state index is 12.6. The topological polar surface area (TPSA) is 59.8 Å². The summed E-state index contributed by atoms with van der Waals surface area (Å²) in [5.41, 5.74) is 3.48. The highest BCUT2D eigenvalue weighted by molar-refractivity contribution is 8.00. The van der Waals surface area contributed by atoms with Crippen molar-refractivity contribution in [1.29, 1.82) is 0 Å². The maximum Gasteiger partial charge on any atom is 0.233 e. The molecule has 2 aromatic carbocycles. The number of benzene rings is 2. The van der Waals surface area contributed by atoms with Crippen molar-refractivity contribution < 1.29 is 4.79 Å². The molecule has 3 rings (SSSR count). The van der Waals surface area contributed by atoms with Crippen molar-refractivity contribution in [1.82, 2.24) is 20.1 Å². The Bertz CT molecular complexity index is 937. The summed E-state index contributed by atoms with van der Waals surface area (Å²) in [6, 6.07) is 18.5. The lowest BCUT2D eigenvalue weighted by molar-refractivity contribution is -0.120. The van der Waals surface area contributed by atoms with Crippen LogP contribution in [0.15, 0.2) is 59.8 Å². The van der Waals surface area contributed by atoms with Gasteiger partial charge in [-0.2, -0.15) is 0 Å². The second-order valence-electron chi connectivity index (χ2n) is 7.25. The van der Waals surface area contributed by atoms with E-state index in [0.29, 0.717) is 12.5 Å². The van der Waals surface area contributed by atoms with Gasteiger partial charge in [-0.05, 0) is 25.8 Å². The molecular formula is C23H28N4OS. The third-order valence-corrected chi connectivity index (χ3v) is 6.22. The van der Waals surface area contributed by atoms with Crippen LogP contribution in [0, 0.1) is 6.92 Å². The van der Waals surface area contributed by atoms with Gasteiger partial charge in [0.2, 0.25) is 5.91 Å². The number of carbonyl (C=O) groups is 1. The molecule has 0 saturated heterocycles. The normalized spacial score (nSPS) is 13.1. The van der Waals surface area contributed by atoms with E-state index in [2.05, 4.69) is 53.6 Å². The van der Waals surface area contributed by atoms with Crippen LogP contribution in [0.1, 0.15) is 37.3 Å². The molecule has 0 bridgehead atoms. The first kappa shape index (κ1) is 21.1. The number of aryl methyl sites for hydroxylation is 1. The van der Waals surface area contributed by atoms with E-state index < -0.39 is 0 Å². The molecule has 1 aromatic heterocycles. The number of nitrogens with one attached hydrogen (secondary N) is 1. The zero-order valence-corrected chi connectivity index (χ0v) is 18.2.